The second-order valence-electron chi connectivity index (χ2n) is 4.75. The SMILES string of the molecule is O=P(c1ccccc1)(c1ccccc1)c1cnc(Cl)c(Cl)c1. The molecule has 0 bridgehead atoms. The molecule has 0 aliphatic heterocycles. The van der Waals surface area contributed by atoms with Crippen LogP contribution in [0.4, 0.5) is 0 Å². The van der Waals surface area contributed by atoms with Crippen LogP contribution in [0.25, 0.3) is 0 Å². The van der Waals surface area contributed by atoms with Gasteiger partial charge in [-0.2, -0.15) is 0 Å². The Hall–Kier alpha value is -1.60. The Morgan fingerprint density at radius 2 is 1.27 bits per heavy atom. The zero-order chi connectivity index (χ0) is 15.6. The summed E-state index contributed by atoms with van der Waals surface area (Å²) in [7, 11) is -3.03. The van der Waals surface area contributed by atoms with Gasteiger partial charge in [-0.25, -0.2) is 4.98 Å². The molecule has 0 spiro atoms. The molecule has 0 radical (unpaired) electrons. The molecule has 22 heavy (non-hydrogen) atoms. The summed E-state index contributed by atoms with van der Waals surface area (Å²) in [5.41, 5.74) is 0. The normalized spacial score (nSPS) is 11.4. The lowest BCUT2D eigenvalue weighted by Crippen LogP contribution is -2.25. The molecule has 1 heterocycles. The van der Waals surface area contributed by atoms with Crippen LogP contribution in [0.3, 0.4) is 0 Å². The van der Waals surface area contributed by atoms with Crippen molar-refractivity contribution in [1.82, 2.24) is 4.98 Å². The molecule has 0 aliphatic carbocycles. The predicted molar refractivity (Wildman–Crippen MR) is 93.6 cm³/mol. The molecule has 1 aromatic heterocycles. The molecule has 3 aromatic rings. The third-order valence-electron chi connectivity index (χ3n) is 3.39. The zero-order valence-electron chi connectivity index (χ0n) is 11.5. The standard InChI is InChI=1S/C17H12Cl2NOP/c18-16-11-15(12-20-17(16)19)22(21,13-7-3-1-4-8-13)14-9-5-2-6-10-14/h1-12H. The van der Waals surface area contributed by atoms with E-state index in [9.17, 15) is 4.57 Å². The summed E-state index contributed by atoms with van der Waals surface area (Å²) in [6.45, 7) is 0. The molecule has 0 aliphatic rings. The summed E-state index contributed by atoms with van der Waals surface area (Å²) in [5.74, 6) is 0. The lowest BCUT2D eigenvalue weighted by molar-refractivity contribution is 0.592. The summed E-state index contributed by atoms with van der Waals surface area (Å²) in [6.07, 6.45) is 1.54. The highest BCUT2D eigenvalue weighted by molar-refractivity contribution is 7.85. The van der Waals surface area contributed by atoms with Gasteiger partial charge in [-0.05, 0) is 6.07 Å². The second kappa shape index (κ2) is 6.26. The van der Waals surface area contributed by atoms with E-state index in [1.54, 1.807) is 6.07 Å². The van der Waals surface area contributed by atoms with Crippen molar-refractivity contribution in [2.24, 2.45) is 0 Å². The highest BCUT2D eigenvalue weighted by atomic mass is 35.5. The Labute approximate surface area is 139 Å². The van der Waals surface area contributed by atoms with Crippen LogP contribution in [0.1, 0.15) is 0 Å². The molecule has 0 atom stereocenters. The maximum Gasteiger partial charge on any atom is 0.172 e. The molecule has 0 fully saturated rings. The van der Waals surface area contributed by atoms with E-state index in [1.165, 1.54) is 6.20 Å². The molecule has 2 nitrogen and oxygen atoms in total. The lowest BCUT2D eigenvalue weighted by atomic mass is 10.4. The van der Waals surface area contributed by atoms with Crippen molar-refractivity contribution in [3.05, 3.63) is 83.1 Å². The van der Waals surface area contributed by atoms with Gasteiger partial charge in [0.05, 0.1) is 5.02 Å². The highest BCUT2D eigenvalue weighted by Gasteiger charge is 2.30. The van der Waals surface area contributed by atoms with Gasteiger partial charge in [0.2, 0.25) is 0 Å². The van der Waals surface area contributed by atoms with Gasteiger partial charge in [-0.3, -0.25) is 0 Å². The zero-order valence-corrected chi connectivity index (χ0v) is 13.9. The number of aromatic nitrogens is 1. The Kier molecular flexibility index (Phi) is 4.35. The smallest absolute Gasteiger partial charge is 0.172 e. The number of hydrogen-bond donors (Lipinski definition) is 0. The lowest BCUT2D eigenvalue weighted by Gasteiger charge is -2.19. The van der Waals surface area contributed by atoms with Crippen LogP contribution < -0.4 is 15.9 Å². The van der Waals surface area contributed by atoms with Crippen molar-refractivity contribution in [1.29, 1.82) is 0 Å². The fourth-order valence-corrected chi connectivity index (χ4v) is 5.26. The number of rotatable bonds is 3. The minimum absolute atomic E-state index is 0.207. The van der Waals surface area contributed by atoms with Gasteiger partial charge in [0, 0.05) is 22.1 Å². The minimum atomic E-state index is -3.03. The molecule has 3 rings (SSSR count). The van der Waals surface area contributed by atoms with Gasteiger partial charge in [0.25, 0.3) is 0 Å². The van der Waals surface area contributed by atoms with Crippen molar-refractivity contribution < 1.29 is 4.57 Å². The molecular formula is C17H12Cl2NOP. The summed E-state index contributed by atoms with van der Waals surface area (Å²) < 4.78 is 13.9. The molecule has 110 valence electrons. The molecule has 0 saturated heterocycles. The average molecular weight is 348 g/mol. The van der Waals surface area contributed by atoms with Crippen molar-refractivity contribution in [3.8, 4) is 0 Å². The second-order valence-corrected chi connectivity index (χ2v) is 8.28. The van der Waals surface area contributed by atoms with Crippen LogP contribution in [0, 0.1) is 0 Å². The minimum Gasteiger partial charge on any atom is -0.309 e. The Morgan fingerprint density at radius 3 is 1.73 bits per heavy atom. The van der Waals surface area contributed by atoms with Crippen molar-refractivity contribution in [2.45, 2.75) is 0 Å². The third kappa shape index (κ3) is 2.70. The van der Waals surface area contributed by atoms with Gasteiger partial charge < -0.3 is 4.57 Å². The fraction of sp³-hybridized carbons (Fsp3) is 0. The largest absolute Gasteiger partial charge is 0.309 e. The summed E-state index contributed by atoms with van der Waals surface area (Å²) in [4.78, 5) is 4.06. The van der Waals surface area contributed by atoms with E-state index >= 15 is 0 Å². The Balaban J connectivity index is 2.28. The number of pyridine rings is 1. The predicted octanol–water partition coefficient (Wildman–Crippen LogP) is 4.03. The van der Waals surface area contributed by atoms with Gasteiger partial charge >= 0.3 is 0 Å². The van der Waals surface area contributed by atoms with E-state index in [0.29, 0.717) is 10.3 Å². The summed E-state index contributed by atoms with van der Waals surface area (Å²) in [5, 5.41) is 2.55. The Bertz CT molecular complexity index is 794. The molecule has 2 aromatic carbocycles. The average Bonchev–Trinajstić information content (AvgIpc) is 2.58. The van der Waals surface area contributed by atoms with Gasteiger partial charge in [0.15, 0.2) is 7.14 Å². The monoisotopic (exact) mass is 347 g/mol. The first-order chi connectivity index (χ1) is 10.6. The quantitative estimate of drug-likeness (QED) is 0.529. The van der Waals surface area contributed by atoms with E-state index in [4.69, 9.17) is 23.2 Å². The van der Waals surface area contributed by atoms with E-state index in [0.717, 1.165) is 10.6 Å². The molecule has 0 N–H and O–H groups in total. The summed E-state index contributed by atoms with van der Waals surface area (Å²) in [6, 6.07) is 20.3. The van der Waals surface area contributed by atoms with Crippen LogP contribution in [-0.2, 0) is 4.57 Å². The first-order valence-electron chi connectivity index (χ1n) is 6.65. The van der Waals surface area contributed by atoms with Crippen LogP contribution in [0.5, 0.6) is 0 Å². The number of hydrogen-bond acceptors (Lipinski definition) is 2. The van der Waals surface area contributed by atoms with Crippen molar-refractivity contribution >= 4 is 46.3 Å². The maximum atomic E-state index is 13.9. The number of nitrogens with zero attached hydrogens (tertiary/aromatic N) is 1. The van der Waals surface area contributed by atoms with Crippen LogP contribution >= 0.6 is 30.3 Å². The van der Waals surface area contributed by atoms with E-state index in [-0.39, 0.29) is 5.15 Å². The molecule has 0 saturated carbocycles. The van der Waals surface area contributed by atoms with Gasteiger partial charge in [0.1, 0.15) is 5.15 Å². The molecule has 0 unspecified atom stereocenters. The Morgan fingerprint density at radius 1 is 0.773 bits per heavy atom. The highest BCUT2D eigenvalue weighted by Crippen LogP contribution is 2.42. The summed E-state index contributed by atoms with van der Waals surface area (Å²) >= 11 is 12.0. The van der Waals surface area contributed by atoms with Crippen LogP contribution in [0.2, 0.25) is 10.2 Å². The van der Waals surface area contributed by atoms with Crippen molar-refractivity contribution in [2.75, 3.05) is 0 Å². The molecule has 0 amide bonds. The number of benzene rings is 2. The first-order valence-corrected chi connectivity index (χ1v) is 9.11. The van der Waals surface area contributed by atoms with Crippen molar-refractivity contribution in [3.63, 3.8) is 0 Å². The maximum absolute atomic E-state index is 13.9. The molecule has 5 heteroatoms. The number of halogens is 2. The first kappa shape index (κ1) is 15.3. The van der Waals surface area contributed by atoms with Gasteiger partial charge in [-0.15, -0.1) is 0 Å². The van der Waals surface area contributed by atoms with Crippen LogP contribution in [0.15, 0.2) is 72.9 Å². The van der Waals surface area contributed by atoms with E-state index < -0.39 is 7.14 Å². The van der Waals surface area contributed by atoms with E-state index in [1.807, 2.05) is 60.7 Å². The fourth-order valence-electron chi connectivity index (χ4n) is 2.31. The van der Waals surface area contributed by atoms with Crippen LogP contribution in [-0.4, -0.2) is 4.98 Å². The molecular weight excluding hydrogens is 336 g/mol. The van der Waals surface area contributed by atoms with E-state index in [2.05, 4.69) is 4.98 Å². The van der Waals surface area contributed by atoms with Gasteiger partial charge in [-0.1, -0.05) is 83.9 Å². The topological polar surface area (TPSA) is 30.0 Å². The third-order valence-corrected chi connectivity index (χ3v) is 7.09.